The molecule has 1 heterocycles. The SMILES string of the molecule is C[C@@H]1CCCN1CCc1ccccc1O. The smallest absolute Gasteiger partial charge is 0.118 e. The average Bonchev–Trinajstić information content (AvgIpc) is 2.63. The Bertz CT molecular complexity index is 324. The molecule has 0 amide bonds. The first kappa shape index (κ1) is 10.5. The van der Waals surface area contributed by atoms with E-state index < -0.39 is 0 Å². The molecule has 0 radical (unpaired) electrons. The molecule has 1 atom stereocenters. The maximum Gasteiger partial charge on any atom is 0.118 e. The molecule has 2 heteroatoms. The van der Waals surface area contributed by atoms with Crippen LogP contribution in [0.5, 0.6) is 5.75 Å². The van der Waals surface area contributed by atoms with Crippen molar-refractivity contribution in [3.05, 3.63) is 29.8 Å². The topological polar surface area (TPSA) is 23.5 Å². The van der Waals surface area contributed by atoms with Gasteiger partial charge >= 0.3 is 0 Å². The zero-order valence-corrected chi connectivity index (χ0v) is 9.32. The van der Waals surface area contributed by atoms with Crippen molar-refractivity contribution in [3.8, 4) is 5.75 Å². The molecule has 82 valence electrons. The Morgan fingerprint density at radius 3 is 2.87 bits per heavy atom. The van der Waals surface area contributed by atoms with E-state index in [0.717, 1.165) is 24.6 Å². The van der Waals surface area contributed by atoms with Gasteiger partial charge in [-0.05, 0) is 44.4 Å². The summed E-state index contributed by atoms with van der Waals surface area (Å²) in [6.07, 6.45) is 3.60. The summed E-state index contributed by atoms with van der Waals surface area (Å²) < 4.78 is 0. The Hall–Kier alpha value is -1.02. The number of phenolic OH excluding ortho intramolecular Hbond substituents is 1. The van der Waals surface area contributed by atoms with Crippen LogP contribution in [0.3, 0.4) is 0 Å². The van der Waals surface area contributed by atoms with E-state index in [1.807, 2.05) is 18.2 Å². The third-order valence-corrected chi connectivity index (χ3v) is 3.35. The molecule has 1 aromatic carbocycles. The van der Waals surface area contributed by atoms with Crippen molar-refractivity contribution < 1.29 is 5.11 Å². The summed E-state index contributed by atoms with van der Waals surface area (Å²) in [7, 11) is 0. The van der Waals surface area contributed by atoms with Crippen molar-refractivity contribution in [2.45, 2.75) is 32.2 Å². The maximum atomic E-state index is 9.63. The largest absolute Gasteiger partial charge is 0.508 e. The van der Waals surface area contributed by atoms with E-state index in [0.29, 0.717) is 5.75 Å². The number of benzene rings is 1. The van der Waals surface area contributed by atoms with Crippen LogP contribution < -0.4 is 0 Å². The van der Waals surface area contributed by atoms with Crippen molar-refractivity contribution in [2.24, 2.45) is 0 Å². The molecule has 15 heavy (non-hydrogen) atoms. The zero-order chi connectivity index (χ0) is 10.7. The predicted molar refractivity (Wildman–Crippen MR) is 62.1 cm³/mol. The van der Waals surface area contributed by atoms with Crippen LogP contribution in [0.25, 0.3) is 0 Å². The normalized spacial score (nSPS) is 22.1. The summed E-state index contributed by atoms with van der Waals surface area (Å²) in [6.45, 7) is 4.57. The van der Waals surface area contributed by atoms with Gasteiger partial charge in [-0.3, -0.25) is 0 Å². The van der Waals surface area contributed by atoms with E-state index in [1.54, 1.807) is 6.07 Å². The molecule has 1 aromatic rings. The second-order valence-electron chi connectivity index (χ2n) is 4.41. The first-order valence-corrected chi connectivity index (χ1v) is 5.78. The first-order valence-electron chi connectivity index (χ1n) is 5.78. The molecule has 1 saturated heterocycles. The van der Waals surface area contributed by atoms with Gasteiger partial charge < -0.3 is 10.0 Å². The number of rotatable bonds is 3. The minimum atomic E-state index is 0.435. The fourth-order valence-electron chi connectivity index (χ4n) is 2.31. The van der Waals surface area contributed by atoms with Gasteiger partial charge in [-0.2, -0.15) is 0 Å². The standard InChI is InChI=1S/C13H19NO/c1-11-5-4-9-14(11)10-8-12-6-2-3-7-13(12)15/h2-3,6-7,11,15H,4-5,8-10H2,1H3/t11-/m1/s1. The monoisotopic (exact) mass is 205 g/mol. The summed E-state index contributed by atoms with van der Waals surface area (Å²) in [4.78, 5) is 2.51. The van der Waals surface area contributed by atoms with Crippen molar-refractivity contribution in [3.63, 3.8) is 0 Å². The van der Waals surface area contributed by atoms with Crippen molar-refractivity contribution in [2.75, 3.05) is 13.1 Å². The Kier molecular flexibility index (Phi) is 3.27. The minimum absolute atomic E-state index is 0.435. The number of hydrogen-bond donors (Lipinski definition) is 1. The second kappa shape index (κ2) is 4.67. The molecule has 0 spiro atoms. The van der Waals surface area contributed by atoms with Crippen LogP contribution in [-0.4, -0.2) is 29.1 Å². The Morgan fingerprint density at radius 2 is 2.20 bits per heavy atom. The lowest BCUT2D eigenvalue weighted by atomic mass is 10.1. The van der Waals surface area contributed by atoms with Gasteiger partial charge in [-0.1, -0.05) is 18.2 Å². The molecule has 1 N–H and O–H groups in total. The molecular formula is C13H19NO. The number of likely N-dealkylation sites (tertiary alicyclic amines) is 1. The van der Waals surface area contributed by atoms with Gasteiger partial charge in [0.2, 0.25) is 0 Å². The van der Waals surface area contributed by atoms with E-state index >= 15 is 0 Å². The van der Waals surface area contributed by atoms with Crippen LogP contribution in [0, 0.1) is 0 Å². The van der Waals surface area contributed by atoms with Gasteiger partial charge in [0.1, 0.15) is 5.75 Å². The van der Waals surface area contributed by atoms with Gasteiger partial charge in [-0.25, -0.2) is 0 Å². The summed E-state index contributed by atoms with van der Waals surface area (Å²) in [5, 5.41) is 9.63. The van der Waals surface area contributed by atoms with Gasteiger partial charge in [0, 0.05) is 12.6 Å². The van der Waals surface area contributed by atoms with Gasteiger partial charge in [0.25, 0.3) is 0 Å². The van der Waals surface area contributed by atoms with Crippen molar-refractivity contribution in [1.82, 2.24) is 4.90 Å². The molecule has 2 nitrogen and oxygen atoms in total. The summed E-state index contributed by atoms with van der Waals surface area (Å²) in [5.74, 6) is 0.435. The van der Waals surface area contributed by atoms with Crippen LogP contribution in [0.15, 0.2) is 24.3 Å². The van der Waals surface area contributed by atoms with Gasteiger partial charge in [0.15, 0.2) is 0 Å². The third-order valence-electron chi connectivity index (χ3n) is 3.35. The Labute approximate surface area is 91.5 Å². The van der Waals surface area contributed by atoms with Crippen molar-refractivity contribution >= 4 is 0 Å². The molecule has 0 aliphatic carbocycles. The Morgan fingerprint density at radius 1 is 1.40 bits per heavy atom. The van der Waals surface area contributed by atoms with Gasteiger partial charge in [-0.15, -0.1) is 0 Å². The highest BCUT2D eigenvalue weighted by atomic mass is 16.3. The van der Waals surface area contributed by atoms with E-state index in [4.69, 9.17) is 0 Å². The van der Waals surface area contributed by atoms with Crippen molar-refractivity contribution in [1.29, 1.82) is 0 Å². The van der Waals surface area contributed by atoms with E-state index in [-0.39, 0.29) is 0 Å². The number of nitrogens with zero attached hydrogens (tertiary/aromatic N) is 1. The number of phenols is 1. The summed E-state index contributed by atoms with van der Waals surface area (Å²) in [5.41, 5.74) is 1.07. The quantitative estimate of drug-likeness (QED) is 0.819. The highest BCUT2D eigenvalue weighted by Gasteiger charge is 2.19. The minimum Gasteiger partial charge on any atom is -0.508 e. The Balaban J connectivity index is 1.90. The molecule has 1 aliphatic heterocycles. The second-order valence-corrected chi connectivity index (χ2v) is 4.41. The lowest BCUT2D eigenvalue weighted by Crippen LogP contribution is -2.28. The molecular weight excluding hydrogens is 186 g/mol. The van der Waals surface area contributed by atoms with E-state index in [1.165, 1.54) is 19.4 Å². The number of aromatic hydroxyl groups is 1. The summed E-state index contributed by atoms with van der Waals surface area (Å²) >= 11 is 0. The van der Waals surface area contributed by atoms with E-state index in [2.05, 4.69) is 11.8 Å². The molecule has 0 saturated carbocycles. The third kappa shape index (κ3) is 2.51. The van der Waals surface area contributed by atoms with Crippen LogP contribution in [0.4, 0.5) is 0 Å². The number of hydrogen-bond acceptors (Lipinski definition) is 2. The van der Waals surface area contributed by atoms with E-state index in [9.17, 15) is 5.11 Å². The van der Waals surface area contributed by atoms with Gasteiger partial charge in [0.05, 0.1) is 0 Å². The molecule has 1 aliphatic rings. The molecule has 0 unspecified atom stereocenters. The predicted octanol–water partition coefficient (Wildman–Crippen LogP) is 2.42. The van der Waals surface area contributed by atoms with Crippen LogP contribution >= 0.6 is 0 Å². The maximum absolute atomic E-state index is 9.63. The lowest BCUT2D eigenvalue weighted by Gasteiger charge is -2.20. The van der Waals surface area contributed by atoms with Crippen LogP contribution in [0.1, 0.15) is 25.3 Å². The lowest BCUT2D eigenvalue weighted by molar-refractivity contribution is 0.271. The molecule has 2 rings (SSSR count). The van der Waals surface area contributed by atoms with Crippen LogP contribution in [-0.2, 0) is 6.42 Å². The first-order chi connectivity index (χ1) is 7.27. The fourth-order valence-corrected chi connectivity index (χ4v) is 2.31. The zero-order valence-electron chi connectivity index (χ0n) is 9.32. The average molecular weight is 205 g/mol. The molecule has 1 fully saturated rings. The highest BCUT2D eigenvalue weighted by Crippen LogP contribution is 2.20. The fraction of sp³-hybridized carbons (Fsp3) is 0.538. The highest BCUT2D eigenvalue weighted by molar-refractivity contribution is 5.31. The van der Waals surface area contributed by atoms with Crippen LogP contribution in [0.2, 0.25) is 0 Å². The number of para-hydroxylation sites is 1. The molecule has 0 aromatic heterocycles. The summed E-state index contributed by atoms with van der Waals surface area (Å²) in [6, 6.07) is 8.36. The molecule has 0 bridgehead atoms.